The van der Waals surface area contributed by atoms with Crippen molar-refractivity contribution in [1.29, 1.82) is 10.5 Å². The van der Waals surface area contributed by atoms with Crippen LogP contribution in [0.1, 0.15) is 32.1 Å². The number of rotatable bonds is 10. The molecule has 6 nitrogen and oxygen atoms in total. The molecule has 0 unspecified atom stereocenters. The minimum atomic E-state index is -0.679. The summed E-state index contributed by atoms with van der Waals surface area (Å²) >= 11 is 0. The second-order valence-corrected chi connectivity index (χ2v) is 4.22. The van der Waals surface area contributed by atoms with Gasteiger partial charge in [-0.1, -0.05) is 32.4 Å². The Labute approximate surface area is 124 Å². The molecule has 0 aromatic rings. The van der Waals surface area contributed by atoms with Gasteiger partial charge in [0.25, 0.3) is 0 Å². The molecular weight excluding hydrogens is 272 g/mol. The number of carbonyl (C=O) groups is 2. The van der Waals surface area contributed by atoms with Crippen LogP contribution in [-0.2, 0) is 19.1 Å². The molecule has 6 heteroatoms. The first kappa shape index (κ1) is 18.4. The van der Waals surface area contributed by atoms with Crippen molar-refractivity contribution in [2.75, 3.05) is 13.2 Å². The number of esters is 2. The van der Waals surface area contributed by atoms with Gasteiger partial charge in [0.1, 0.15) is 23.3 Å². The van der Waals surface area contributed by atoms with E-state index in [0.717, 1.165) is 19.3 Å². The summed E-state index contributed by atoms with van der Waals surface area (Å²) in [5, 5.41) is 16.8. The van der Waals surface area contributed by atoms with Crippen LogP contribution >= 0.6 is 0 Å². The third-order valence-corrected chi connectivity index (χ3v) is 2.52. The fraction of sp³-hybridized carbons (Fsp3) is 0.467. The molecule has 0 rings (SSSR count). The van der Waals surface area contributed by atoms with E-state index >= 15 is 0 Å². The second-order valence-electron chi connectivity index (χ2n) is 4.22. The van der Waals surface area contributed by atoms with Crippen LogP contribution in [0.3, 0.4) is 0 Å². The summed E-state index contributed by atoms with van der Waals surface area (Å²) in [5.41, 5.74) is -0.397. The Morgan fingerprint density at radius 2 is 1.10 bits per heavy atom. The van der Waals surface area contributed by atoms with Crippen LogP contribution in [0.4, 0.5) is 0 Å². The van der Waals surface area contributed by atoms with Gasteiger partial charge >= 0.3 is 11.9 Å². The molecule has 0 aliphatic carbocycles. The van der Waals surface area contributed by atoms with Crippen molar-refractivity contribution in [3.8, 4) is 12.1 Å². The van der Waals surface area contributed by atoms with E-state index in [9.17, 15) is 9.59 Å². The number of nitrogens with zero attached hydrogens (tertiary/aromatic N) is 2. The minimum Gasteiger partial charge on any atom is -0.462 e. The van der Waals surface area contributed by atoms with Gasteiger partial charge in [-0.15, -0.1) is 0 Å². The zero-order chi connectivity index (χ0) is 16.1. The Morgan fingerprint density at radius 3 is 1.43 bits per heavy atom. The van der Waals surface area contributed by atoms with E-state index in [1.54, 1.807) is 12.1 Å². The van der Waals surface area contributed by atoms with Crippen molar-refractivity contribution in [2.45, 2.75) is 32.1 Å². The monoisotopic (exact) mass is 290 g/mol. The van der Waals surface area contributed by atoms with Crippen LogP contribution in [0.2, 0.25) is 0 Å². The van der Waals surface area contributed by atoms with Crippen molar-refractivity contribution in [2.24, 2.45) is 0 Å². The first-order valence-electron chi connectivity index (χ1n) is 6.55. The van der Waals surface area contributed by atoms with Crippen LogP contribution in [0, 0.1) is 22.7 Å². The lowest BCUT2D eigenvalue weighted by Gasteiger charge is -2.04. The normalized spacial score (nSPS) is 9.05. The maximum absolute atomic E-state index is 11.1. The van der Waals surface area contributed by atoms with Gasteiger partial charge in [0.2, 0.25) is 0 Å². The van der Waals surface area contributed by atoms with Crippen LogP contribution in [0.25, 0.3) is 0 Å². The third-order valence-electron chi connectivity index (χ3n) is 2.52. The highest BCUT2D eigenvalue weighted by molar-refractivity contribution is 5.92. The van der Waals surface area contributed by atoms with E-state index in [2.05, 4.69) is 13.2 Å². The first-order valence-corrected chi connectivity index (χ1v) is 6.55. The first-order chi connectivity index (χ1) is 10.0. The van der Waals surface area contributed by atoms with Crippen molar-refractivity contribution < 1.29 is 19.1 Å². The standard InChI is InChI=1S/C15H18N2O4/c1-12(10-16)14(18)20-8-6-4-3-5-7-9-21-15(19)13(2)11-17/h1-9H2. The number of ether oxygens (including phenoxy) is 2. The van der Waals surface area contributed by atoms with E-state index in [1.807, 2.05) is 0 Å². The summed E-state index contributed by atoms with van der Waals surface area (Å²) in [6.45, 7) is 7.02. The molecular formula is C15H18N2O4. The Kier molecular flexibility index (Phi) is 9.85. The number of carbonyl (C=O) groups excluding carboxylic acids is 2. The molecule has 112 valence electrons. The van der Waals surface area contributed by atoms with Gasteiger partial charge < -0.3 is 9.47 Å². The molecule has 0 N–H and O–H groups in total. The minimum absolute atomic E-state index is 0.198. The fourth-order valence-electron chi connectivity index (χ4n) is 1.33. The third kappa shape index (κ3) is 9.01. The van der Waals surface area contributed by atoms with Crippen molar-refractivity contribution in [3.05, 3.63) is 24.3 Å². The van der Waals surface area contributed by atoms with E-state index in [-0.39, 0.29) is 24.4 Å². The summed E-state index contributed by atoms with van der Waals surface area (Å²) in [5.74, 6) is -1.36. The molecule has 0 heterocycles. The molecule has 0 saturated heterocycles. The molecule has 0 aromatic heterocycles. The Balaban J connectivity index is 3.42. The Hall–Kier alpha value is -2.60. The lowest BCUT2D eigenvalue weighted by atomic mass is 10.1. The Morgan fingerprint density at radius 1 is 0.762 bits per heavy atom. The average Bonchev–Trinajstić information content (AvgIpc) is 2.50. The number of unbranched alkanes of at least 4 members (excludes halogenated alkanes) is 4. The van der Waals surface area contributed by atoms with E-state index in [0.29, 0.717) is 12.8 Å². The smallest absolute Gasteiger partial charge is 0.348 e. The number of hydrogen-bond acceptors (Lipinski definition) is 6. The second kappa shape index (κ2) is 11.2. The van der Waals surface area contributed by atoms with Gasteiger partial charge in [-0.25, -0.2) is 9.59 Å². The van der Waals surface area contributed by atoms with Gasteiger partial charge in [-0.3, -0.25) is 0 Å². The molecule has 0 spiro atoms. The maximum atomic E-state index is 11.1. The molecule has 0 aromatic carbocycles. The van der Waals surface area contributed by atoms with Crippen molar-refractivity contribution >= 4 is 11.9 Å². The largest absolute Gasteiger partial charge is 0.462 e. The fourth-order valence-corrected chi connectivity index (χ4v) is 1.33. The molecule has 0 aliphatic rings. The van der Waals surface area contributed by atoms with E-state index in [1.165, 1.54) is 0 Å². The predicted octanol–water partition coefficient (Wildman–Crippen LogP) is 2.18. The average molecular weight is 290 g/mol. The molecule has 0 bridgehead atoms. The molecule has 0 radical (unpaired) electrons. The highest BCUT2D eigenvalue weighted by Crippen LogP contribution is 2.05. The molecule has 0 saturated carbocycles. The molecule has 21 heavy (non-hydrogen) atoms. The summed E-state index contributed by atoms with van der Waals surface area (Å²) < 4.78 is 9.64. The summed E-state index contributed by atoms with van der Waals surface area (Å²) in [6.07, 6.45) is 4.05. The van der Waals surface area contributed by atoms with Crippen LogP contribution in [0.5, 0.6) is 0 Å². The quantitative estimate of drug-likeness (QED) is 0.264. The molecule has 0 atom stereocenters. The summed E-state index contributed by atoms with van der Waals surface area (Å²) in [4.78, 5) is 22.1. The van der Waals surface area contributed by atoms with Gasteiger partial charge in [0, 0.05) is 0 Å². The zero-order valence-corrected chi connectivity index (χ0v) is 11.9. The highest BCUT2D eigenvalue weighted by atomic mass is 16.5. The van der Waals surface area contributed by atoms with E-state index < -0.39 is 11.9 Å². The highest BCUT2D eigenvalue weighted by Gasteiger charge is 2.07. The molecule has 0 amide bonds. The van der Waals surface area contributed by atoms with Crippen LogP contribution in [-0.4, -0.2) is 25.2 Å². The van der Waals surface area contributed by atoms with Crippen molar-refractivity contribution in [1.82, 2.24) is 0 Å². The topological polar surface area (TPSA) is 100 Å². The number of nitriles is 2. The maximum Gasteiger partial charge on any atom is 0.348 e. The SMILES string of the molecule is C=C(C#N)C(=O)OCCCCCCCOC(=O)C(=C)C#N. The zero-order valence-electron chi connectivity index (χ0n) is 11.9. The van der Waals surface area contributed by atoms with Gasteiger partial charge in [-0.05, 0) is 12.8 Å². The summed E-state index contributed by atoms with van der Waals surface area (Å²) in [7, 11) is 0. The van der Waals surface area contributed by atoms with Gasteiger partial charge in [0.15, 0.2) is 0 Å². The number of hydrogen-bond donors (Lipinski definition) is 0. The molecule has 0 aliphatic heterocycles. The molecule has 0 fully saturated rings. The summed E-state index contributed by atoms with van der Waals surface area (Å²) in [6, 6.07) is 3.25. The van der Waals surface area contributed by atoms with Gasteiger partial charge in [0.05, 0.1) is 13.2 Å². The lowest BCUT2D eigenvalue weighted by Crippen LogP contribution is -2.07. The van der Waals surface area contributed by atoms with Crippen LogP contribution < -0.4 is 0 Å². The van der Waals surface area contributed by atoms with Crippen molar-refractivity contribution in [3.63, 3.8) is 0 Å². The van der Waals surface area contributed by atoms with Crippen LogP contribution in [0.15, 0.2) is 24.3 Å². The van der Waals surface area contributed by atoms with Gasteiger partial charge in [-0.2, -0.15) is 10.5 Å². The lowest BCUT2D eigenvalue weighted by molar-refractivity contribution is -0.139. The predicted molar refractivity (Wildman–Crippen MR) is 74.5 cm³/mol. The Bertz CT molecular complexity index is 439. The van der Waals surface area contributed by atoms with E-state index in [4.69, 9.17) is 20.0 Å².